The number of nitrogens with zero attached hydrogens (tertiary/aromatic N) is 2. The van der Waals surface area contributed by atoms with Gasteiger partial charge in [0.2, 0.25) is 11.8 Å². The summed E-state index contributed by atoms with van der Waals surface area (Å²) in [5.41, 5.74) is 1.51. The molecule has 1 N–H and O–H groups in total. The number of aryl methyl sites for hydroxylation is 1. The van der Waals surface area contributed by atoms with Crippen molar-refractivity contribution in [3.05, 3.63) is 95.0 Å². The normalized spacial score (nSPS) is 12.5. The van der Waals surface area contributed by atoms with Crippen LogP contribution in [-0.4, -0.2) is 43.3 Å². The third-order valence-electron chi connectivity index (χ3n) is 5.86. The number of hydrogen-bond acceptors (Lipinski definition) is 4. The molecule has 0 fully saturated rings. The highest BCUT2D eigenvalue weighted by Gasteiger charge is 2.33. The van der Waals surface area contributed by atoms with Crippen molar-refractivity contribution in [3.63, 3.8) is 0 Å². The number of benzene rings is 3. The summed E-state index contributed by atoms with van der Waals surface area (Å²) in [4.78, 5) is 28.4. The Bertz CT molecular complexity index is 1350. The van der Waals surface area contributed by atoms with E-state index in [0.717, 1.165) is 15.4 Å². The largest absolute Gasteiger partial charge is 0.350 e. The lowest BCUT2D eigenvalue weighted by molar-refractivity contribution is -0.140. The Kier molecular flexibility index (Phi) is 9.22. The molecule has 1 atom stereocenters. The van der Waals surface area contributed by atoms with Crippen LogP contribution in [0.5, 0.6) is 0 Å². The molecule has 3 aromatic rings. The Morgan fingerprint density at radius 3 is 2.05 bits per heavy atom. The van der Waals surface area contributed by atoms with Crippen LogP contribution in [0.25, 0.3) is 0 Å². The average molecular weight is 556 g/mol. The van der Waals surface area contributed by atoms with Gasteiger partial charge in [-0.05, 0) is 76.6 Å². The topological polar surface area (TPSA) is 86.8 Å². The number of anilines is 1. The fourth-order valence-corrected chi connectivity index (χ4v) is 5.35. The van der Waals surface area contributed by atoms with Crippen molar-refractivity contribution in [2.75, 3.05) is 10.8 Å². The lowest BCUT2D eigenvalue weighted by Crippen LogP contribution is -2.54. The molecule has 3 rings (SSSR count). The van der Waals surface area contributed by atoms with Gasteiger partial charge in [-0.2, -0.15) is 0 Å². The molecule has 38 heavy (non-hydrogen) atoms. The first-order chi connectivity index (χ1) is 17.8. The summed E-state index contributed by atoms with van der Waals surface area (Å²) in [7, 11) is -4.12. The van der Waals surface area contributed by atoms with Gasteiger partial charge >= 0.3 is 0 Å². The van der Waals surface area contributed by atoms with E-state index in [1.54, 1.807) is 43.3 Å². The van der Waals surface area contributed by atoms with E-state index in [-0.39, 0.29) is 23.0 Å². The van der Waals surface area contributed by atoms with E-state index < -0.39 is 34.1 Å². The zero-order chi connectivity index (χ0) is 28.1. The van der Waals surface area contributed by atoms with Gasteiger partial charge in [0, 0.05) is 17.1 Å². The van der Waals surface area contributed by atoms with E-state index in [2.05, 4.69) is 5.32 Å². The van der Waals surface area contributed by atoms with Gasteiger partial charge < -0.3 is 10.2 Å². The van der Waals surface area contributed by atoms with Gasteiger partial charge in [0.1, 0.15) is 12.6 Å². The zero-order valence-electron chi connectivity index (χ0n) is 22.3. The summed E-state index contributed by atoms with van der Waals surface area (Å²) in [6.45, 7) is 8.72. The maximum Gasteiger partial charge on any atom is 0.264 e. The van der Waals surface area contributed by atoms with Crippen molar-refractivity contribution >= 4 is 39.1 Å². The molecule has 0 radical (unpaired) electrons. The Balaban J connectivity index is 2.02. The molecule has 0 unspecified atom stereocenters. The molecule has 2 amide bonds. The molecule has 0 aromatic heterocycles. The van der Waals surface area contributed by atoms with Crippen molar-refractivity contribution in [3.8, 4) is 0 Å². The first kappa shape index (κ1) is 29.2. The minimum atomic E-state index is -4.12. The number of rotatable bonds is 9. The van der Waals surface area contributed by atoms with E-state index >= 15 is 0 Å². The number of halogens is 1. The second kappa shape index (κ2) is 12.0. The van der Waals surface area contributed by atoms with Crippen LogP contribution in [0, 0.1) is 6.92 Å². The van der Waals surface area contributed by atoms with Crippen molar-refractivity contribution in [1.29, 1.82) is 0 Å². The van der Waals surface area contributed by atoms with Crippen molar-refractivity contribution in [2.24, 2.45) is 0 Å². The quantitative estimate of drug-likeness (QED) is 0.394. The van der Waals surface area contributed by atoms with Crippen LogP contribution in [0.2, 0.25) is 5.02 Å². The molecule has 202 valence electrons. The molecule has 3 aromatic carbocycles. The predicted molar refractivity (Wildman–Crippen MR) is 152 cm³/mol. The molecular formula is C29H34ClN3O4S. The third kappa shape index (κ3) is 7.58. The molecule has 0 aliphatic heterocycles. The van der Waals surface area contributed by atoms with E-state index in [1.807, 2.05) is 58.0 Å². The van der Waals surface area contributed by atoms with Crippen LogP contribution in [0.1, 0.15) is 38.8 Å². The maximum absolute atomic E-state index is 13.9. The van der Waals surface area contributed by atoms with Gasteiger partial charge in [-0.25, -0.2) is 8.42 Å². The van der Waals surface area contributed by atoms with Crippen LogP contribution in [0.15, 0.2) is 83.8 Å². The summed E-state index contributed by atoms with van der Waals surface area (Å²) in [6.07, 6.45) is 0. The smallest absolute Gasteiger partial charge is 0.264 e. The number of nitrogens with one attached hydrogen (secondary N) is 1. The van der Waals surface area contributed by atoms with Crippen LogP contribution < -0.4 is 9.62 Å². The summed E-state index contributed by atoms with van der Waals surface area (Å²) >= 11 is 6.05. The predicted octanol–water partition coefficient (Wildman–Crippen LogP) is 5.18. The number of hydrogen-bond donors (Lipinski definition) is 1. The van der Waals surface area contributed by atoms with Crippen LogP contribution in [0.4, 0.5) is 5.69 Å². The molecule has 0 saturated carbocycles. The summed E-state index contributed by atoms with van der Waals surface area (Å²) < 4.78 is 28.6. The van der Waals surface area contributed by atoms with Gasteiger partial charge in [-0.1, -0.05) is 59.6 Å². The molecule has 0 aliphatic rings. The van der Waals surface area contributed by atoms with Crippen LogP contribution in [-0.2, 0) is 26.2 Å². The lowest BCUT2D eigenvalue weighted by Gasteiger charge is -2.33. The van der Waals surface area contributed by atoms with Gasteiger partial charge in [-0.3, -0.25) is 13.9 Å². The molecule has 0 spiro atoms. The first-order valence-electron chi connectivity index (χ1n) is 12.3. The molecule has 9 heteroatoms. The average Bonchev–Trinajstić information content (AvgIpc) is 2.85. The van der Waals surface area contributed by atoms with Gasteiger partial charge in [-0.15, -0.1) is 0 Å². The highest BCUT2D eigenvalue weighted by atomic mass is 35.5. The Hall–Kier alpha value is -3.36. The molecule has 7 nitrogen and oxygen atoms in total. The second-order valence-corrected chi connectivity index (χ2v) is 12.5. The summed E-state index contributed by atoms with van der Waals surface area (Å²) in [6, 6.07) is 21.1. The van der Waals surface area contributed by atoms with Crippen molar-refractivity contribution in [1.82, 2.24) is 10.2 Å². The Morgan fingerprint density at radius 2 is 1.50 bits per heavy atom. The fourth-order valence-electron chi connectivity index (χ4n) is 3.81. The van der Waals surface area contributed by atoms with E-state index in [0.29, 0.717) is 5.02 Å². The zero-order valence-corrected chi connectivity index (χ0v) is 23.9. The molecule has 0 aliphatic carbocycles. The molecule has 0 saturated heterocycles. The first-order valence-corrected chi connectivity index (χ1v) is 14.1. The second-order valence-electron chi connectivity index (χ2n) is 10.2. The number of amides is 2. The van der Waals surface area contributed by atoms with Gasteiger partial charge in [0.05, 0.1) is 10.6 Å². The third-order valence-corrected chi connectivity index (χ3v) is 7.90. The number of carbonyl (C=O) groups is 2. The number of sulfonamides is 1. The van der Waals surface area contributed by atoms with Gasteiger partial charge in [0.25, 0.3) is 10.0 Å². The van der Waals surface area contributed by atoms with Gasteiger partial charge in [0.15, 0.2) is 0 Å². The highest BCUT2D eigenvalue weighted by Crippen LogP contribution is 2.26. The highest BCUT2D eigenvalue weighted by molar-refractivity contribution is 7.92. The summed E-state index contributed by atoms with van der Waals surface area (Å²) in [5.74, 6) is -0.850. The number of carbonyl (C=O) groups excluding carboxylic acids is 2. The fraction of sp³-hybridized carbons (Fsp3) is 0.310. The van der Waals surface area contributed by atoms with E-state index in [1.165, 1.54) is 17.0 Å². The minimum Gasteiger partial charge on any atom is -0.350 e. The minimum absolute atomic E-state index is 0.0546. The molecule has 0 heterocycles. The molecule has 0 bridgehead atoms. The van der Waals surface area contributed by atoms with Crippen LogP contribution in [0.3, 0.4) is 0 Å². The standard InChI is InChI=1S/C29H34ClN3O4S/c1-21-11-17-26(18-12-21)38(36,37)33(25-15-13-24(30)14-16-25)20-27(34)32(19-23-9-7-6-8-10-23)22(2)28(35)31-29(3,4)5/h6-18,22H,19-20H2,1-5H3,(H,31,35)/t22-/m0/s1. The van der Waals surface area contributed by atoms with Crippen molar-refractivity contribution < 1.29 is 18.0 Å². The Morgan fingerprint density at radius 1 is 0.921 bits per heavy atom. The Labute approximate surface area is 230 Å². The lowest BCUT2D eigenvalue weighted by atomic mass is 10.1. The maximum atomic E-state index is 13.9. The van der Waals surface area contributed by atoms with Crippen molar-refractivity contribution in [2.45, 2.75) is 57.6 Å². The van der Waals surface area contributed by atoms with Crippen LogP contribution >= 0.6 is 11.6 Å². The monoisotopic (exact) mass is 555 g/mol. The molecular weight excluding hydrogens is 522 g/mol. The van der Waals surface area contributed by atoms with E-state index in [4.69, 9.17) is 11.6 Å². The summed E-state index contributed by atoms with van der Waals surface area (Å²) in [5, 5.41) is 3.35. The van der Waals surface area contributed by atoms with E-state index in [9.17, 15) is 18.0 Å². The SMILES string of the molecule is Cc1ccc(S(=O)(=O)N(CC(=O)N(Cc2ccccc2)[C@@H](C)C(=O)NC(C)(C)C)c2ccc(Cl)cc2)cc1.